The summed E-state index contributed by atoms with van der Waals surface area (Å²) < 4.78 is 5.77. The van der Waals surface area contributed by atoms with Crippen LogP contribution in [0.2, 0.25) is 10.0 Å². The van der Waals surface area contributed by atoms with E-state index in [0.29, 0.717) is 21.4 Å². The van der Waals surface area contributed by atoms with Crippen LogP contribution in [0.25, 0.3) is 0 Å². The number of benzene rings is 2. The Bertz CT molecular complexity index is 673. The van der Waals surface area contributed by atoms with E-state index in [-0.39, 0.29) is 5.78 Å². The second kappa shape index (κ2) is 5.68. The molecule has 1 aliphatic heterocycles. The second-order valence-electron chi connectivity index (χ2n) is 4.35. The van der Waals surface area contributed by atoms with Gasteiger partial charge in [-0.3, -0.25) is 4.79 Å². The number of ketones is 1. The maximum atomic E-state index is 12.5. The lowest BCUT2D eigenvalue weighted by Gasteiger charge is -2.24. The van der Waals surface area contributed by atoms with Crippen LogP contribution < -0.4 is 4.74 Å². The van der Waals surface area contributed by atoms with Crippen molar-refractivity contribution in [2.45, 2.75) is 11.0 Å². The number of hydrogen-bond acceptors (Lipinski definition) is 3. The zero-order valence-electron chi connectivity index (χ0n) is 10.3. The van der Waals surface area contributed by atoms with Gasteiger partial charge < -0.3 is 4.74 Å². The van der Waals surface area contributed by atoms with Gasteiger partial charge in [-0.2, -0.15) is 0 Å². The van der Waals surface area contributed by atoms with Crippen LogP contribution in [0.4, 0.5) is 0 Å². The maximum absolute atomic E-state index is 12.5. The SMILES string of the molecule is O=C(c1cc(Cl)ccc1Cl)C1CSc2ccccc2O1. The standard InChI is InChI=1S/C15H10Cl2O2S/c16-9-5-6-11(17)10(7-9)15(18)13-8-20-14-4-2-1-3-12(14)19-13/h1-7,13H,8H2. The average molecular weight is 325 g/mol. The van der Waals surface area contributed by atoms with Crippen molar-refractivity contribution < 1.29 is 9.53 Å². The highest BCUT2D eigenvalue weighted by atomic mass is 35.5. The fourth-order valence-corrected chi connectivity index (χ4v) is 3.37. The van der Waals surface area contributed by atoms with Crippen molar-refractivity contribution in [1.29, 1.82) is 0 Å². The third-order valence-corrected chi connectivity index (χ3v) is 4.68. The third-order valence-electron chi connectivity index (χ3n) is 2.99. The Balaban J connectivity index is 1.88. The number of hydrogen-bond donors (Lipinski definition) is 0. The Morgan fingerprint density at radius 1 is 1.20 bits per heavy atom. The molecule has 20 heavy (non-hydrogen) atoms. The van der Waals surface area contributed by atoms with Crippen molar-refractivity contribution in [2.24, 2.45) is 0 Å². The highest BCUT2D eigenvalue weighted by molar-refractivity contribution is 7.99. The summed E-state index contributed by atoms with van der Waals surface area (Å²) in [4.78, 5) is 13.6. The first-order valence-electron chi connectivity index (χ1n) is 6.03. The van der Waals surface area contributed by atoms with E-state index in [9.17, 15) is 4.79 Å². The summed E-state index contributed by atoms with van der Waals surface area (Å²) in [6.45, 7) is 0. The van der Waals surface area contributed by atoms with E-state index in [0.717, 1.165) is 10.6 Å². The summed E-state index contributed by atoms with van der Waals surface area (Å²) in [7, 11) is 0. The van der Waals surface area contributed by atoms with Crippen LogP contribution in [0.3, 0.4) is 0 Å². The largest absolute Gasteiger partial charge is 0.480 e. The Morgan fingerprint density at radius 2 is 2.00 bits per heavy atom. The normalized spacial score (nSPS) is 17.2. The molecule has 0 radical (unpaired) electrons. The molecule has 2 aromatic carbocycles. The van der Waals surface area contributed by atoms with Crippen LogP contribution in [-0.4, -0.2) is 17.6 Å². The van der Waals surface area contributed by atoms with E-state index >= 15 is 0 Å². The van der Waals surface area contributed by atoms with E-state index in [2.05, 4.69) is 0 Å². The first kappa shape index (κ1) is 13.8. The first-order valence-corrected chi connectivity index (χ1v) is 7.77. The lowest BCUT2D eigenvalue weighted by Crippen LogP contribution is -2.32. The van der Waals surface area contributed by atoms with Gasteiger partial charge in [-0.15, -0.1) is 11.8 Å². The molecule has 1 heterocycles. The van der Waals surface area contributed by atoms with Crippen LogP contribution in [0.1, 0.15) is 10.4 Å². The van der Waals surface area contributed by atoms with Gasteiger partial charge in [0.05, 0.1) is 5.02 Å². The van der Waals surface area contributed by atoms with Gasteiger partial charge in [0, 0.05) is 21.2 Å². The predicted molar refractivity (Wildman–Crippen MR) is 82.4 cm³/mol. The highest BCUT2D eigenvalue weighted by Gasteiger charge is 2.28. The van der Waals surface area contributed by atoms with E-state index in [1.807, 2.05) is 24.3 Å². The van der Waals surface area contributed by atoms with E-state index in [1.54, 1.807) is 30.0 Å². The zero-order valence-corrected chi connectivity index (χ0v) is 12.6. The summed E-state index contributed by atoms with van der Waals surface area (Å²) >= 11 is 13.6. The summed E-state index contributed by atoms with van der Waals surface area (Å²) in [5.41, 5.74) is 0.407. The Hall–Kier alpha value is -1.16. The van der Waals surface area contributed by atoms with Gasteiger partial charge in [0.1, 0.15) is 5.75 Å². The highest BCUT2D eigenvalue weighted by Crippen LogP contribution is 2.36. The quantitative estimate of drug-likeness (QED) is 0.747. The number of fused-ring (bicyclic) bond motifs is 1. The molecular formula is C15H10Cl2O2S. The molecule has 0 bridgehead atoms. The average Bonchev–Trinajstić information content (AvgIpc) is 2.48. The van der Waals surface area contributed by atoms with E-state index in [1.165, 1.54) is 0 Å². The molecule has 1 aliphatic rings. The maximum Gasteiger partial charge on any atom is 0.205 e. The smallest absolute Gasteiger partial charge is 0.205 e. The minimum absolute atomic E-state index is 0.139. The fourth-order valence-electron chi connectivity index (χ4n) is 2.01. The van der Waals surface area contributed by atoms with Crippen molar-refractivity contribution >= 4 is 40.7 Å². The molecule has 2 aromatic rings. The molecule has 5 heteroatoms. The van der Waals surface area contributed by atoms with Gasteiger partial charge in [-0.25, -0.2) is 0 Å². The predicted octanol–water partition coefficient (Wildman–Crippen LogP) is 4.73. The molecule has 3 rings (SSSR count). The number of ether oxygens (including phenoxy) is 1. The number of carbonyl (C=O) groups excluding carboxylic acids is 1. The van der Waals surface area contributed by atoms with Crippen LogP contribution in [-0.2, 0) is 0 Å². The Morgan fingerprint density at radius 3 is 2.85 bits per heavy atom. The number of halogens is 2. The first-order chi connectivity index (χ1) is 9.65. The number of thioether (sulfide) groups is 1. The van der Waals surface area contributed by atoms with Gasteiger partial charge >= 0.3 is 0 Å². The summed E-state index contributed by atoms with van der Waals surface area (Å²) in [6, 6.07) is 12.5. The molecule has 0 saturated heterocycles. The zero-order chi connectivity index (χ0) is 14.1. The fraction of sp³-hybridized carbons (Fsp3) is 0.133. The Kier molecular flexibility index (Phi) is 3.92. The second-order valence-corrected chi connectivity index (χ2v) is 6.26. The van der Waals surface area contributed by atoms with Crippen LogP contribution in [0.5, 0.6) is 5.75 Å². The number of Topliss-reactive ketones (excluding diaryl/α,β-unsaturated/α-hetero) is 1. The van der Waals surface area contributed by atoms with Crippen LogP contribution >= 0.6 is 35.0 Å². The van der Waals surface area contributed by atoms with Gasteiger partial charge in [-0.05, 0) is 30.3 Å². The van der Waals surface area contributed by atoms with Crippen LogP contribution in [0.15, 0.2) is 47.4 Å². The van der Waals surface area contributed by atoms with Crippen LogP contribution in [0, 0.1) is 0 Å². The van der Waals surface area contributed by atoms with Crippen molar-refractivity contribution in [3.05, 3.63) is 58.1 Å². The molecule has 0 aliphatic carbocycles. The van der Waals surface area contributed by atoms with Gasteiger partial charge in [0.25, 0.3) is 0 Å². The van der Waals surface area contributed by atoms with E-state index in [4.69, 9.17) is 27.9 Å². The molecule has 1 unspecified atom stereocenters. The number of rotatable bonds is 2. The Labute approximate surface area is 131 Å². The monoisotopic (exact) mass is 324 g/mol. The van der Waals surface area contributed by atoms with E-state index < -0.39 is 6.10 Å². The van der Waals surface area contributed by atoms with Crippen molar-refractivity contribution in [3.8, 4) is 5.75 Å². The molecule has 1 atom stereocenters. The lowest BCUT2D eigenvalue weighted by atomic mass is 10.1. The van der Waals surface area contributed by atoms with Gasteiger partial charge in [0.2, 0.25) is 5.78 Å². The molecule has 0 spiro atoms. The summed E-state index contributed by atoms with van der Waals surface area (Å²) in [5, 5.41) is 0.883. The third kappa shape index (κ3) is 2.66. The lowest BCUT2D eigenvalue weighted by molar-refractivity contribution is 0.0815. The topological polar surface area (TPSA) is 26.3 Å². The number of para-hydroxylation sites is 1. The minimum atomic E-state index is -0.536. The molecule has 0 saturated carbocycles. The number of carbonyl (C=O) groups is 1. The molecular weight excluding hydrogens is 315 g/mol. The molecule has 0 amide bonds. The van der Waals surface area contributed by atoms with Crippen molar-refractivity contribution in [3.63, 3.8) is 0 Å². The van der Waals surface area contributed by atoms with Gasteiger partial charge in [-0.1, -0.05) is 35.3 Å². The molecule has 0 fully saturated rings. The molecule has 0 N–H and O–H groups in total. The summed E-state index contributed by atoms with van der Waals surface area (Å²) in [5.74, 6) is 1.17. The minimum Gasteiger partial charge on any atom is -0.480 e. The van der Waals surface area contributed by atoms with Gasteiger partial charge in [0.15, 0.2) is 6.10 Å². The van der Waals surface area contributed by atoms with Crippen molar-refractivity contribution in [1.82, 2.24) is 0 Å². The van der Waals surface area contributed by atoms with Crippen molar-refractivity contribution in [2.75, 3.05) is 5.75 Å². The summed E-state index contributed by atoms with van der Waals surface area (Å²) in [6.07, 6.45) is -0.536. The molecule has 0 aromatic heterocycles. The molecule has 2 nitrogen and oxygen atoms in total. The molecule has 102 valence electrons.